The lowest BCUT2D eigenvalue weighted by Crippen LogP contribution is -2.41. The van der Waals surface area contributed by atoms with Gasteiger partial charge in [-0.25, -0.2) is 0 Å². The summed E-state index contributed by atoms with van der Waals surface area (Å²) in [5.41, 5.74) is 1.29. The Bertz CT molecular complexity index is 848. The van der Waals surface area contributed by atoms with Gasteiger partial charge in [-0.05, 0) is 56.3 Å². The fourth-order valence-corrected chi connectivity index (χ4v) is 3.72. The fraction of sp³-hybridized carbons (Fsp3) is 0.333. The molecule has 2 aromatic carbocycles. The standard InChI is InChI=1S/C21H22Cl2N2O2/c1-24(20(26)14-25-11-5-2-6-12-25)19-10-9-15(22)13-17(19)21(27)16-7-3-4-8-18(16)23/h3-4,7-10,13H,2,5-6,11-12,14H2,1H3. The highest BCUT2D eigenvalue weighted by molar-refractivity contribution is 6.36. The summed E-state index contributed by atoms with van der Waals surface area (Å²) < 4.78 is 0. The van der Waals surface area contributed by atoms with E-state index < -0.39 is 0 Å². The molecule has 2 aromatic rings. The Morgan fingerprint density at radius 3 is 2.41 bits per heavy atom. The van der Waals surface area contributed by atoms with Crippen molar-refractivity contribution < 1.29 is 9.59 Å². The van der Waals surface area contributed by atoms with Gasteiger partial charge in [-0.3, -0.25) is 14.5 Å². The minimum atomic E-state index is -0.254. The monoisotopic (exact) mass is 404 g/mol. The number of carbonyl (C=O) groups excluding carboxylic acids is 2. The van der Waals surface area contributed by atoms with Gasteiger partial charge in [0.05, 0.1) is 17.3 Å². The second kappa shape index (κ2) is 8.87. The van der Waals surface area contributed by atoms with E-state index in [4.69, 9.17) is 23.2 Å². The Hall–Kier alpha value is -1.88. The maximum Gasteiger partial charge on any atom is 0.240 e. The molecule has 1 aliphatic heterocycles. The number of anilines is 1. The van der Waals surface area contributed by atoms with Crippen LogP contribution in [-0.4, -0.2) is 43.3 Å². The topological polar surface area (TPSA) is 40.6 Å². The lowest BCUT2D eigenvalue weighted by atomic mass is 10.0. The number of benzene rings is 2. The molecule has 0 aliphatic carbocycles. The van der Waals surface area contributed by atoms with Crippen molar-refractivity contribution >= 4 is 40.6 Å². The highest BCUT2D eigenvalue weighted by atomic mass is 35.5. The molecule has 0 aromatic heterocycles. The number of ketones is 1. The number of likely N-dealkylation sites (tertiary alicyclic amines) is 1. The van der Waals surface area contributed by atoms with Crippen LogP contribution in [-0.2, 0) is 4.79 Å². The number of likely N-dealkylation sites (N-methyl/N-ethyl adjacent to an activating group) is 1. The molecular weight excluding hydrogens is 383 g/mol. The summed E-state index contributed by atoms with van der Waals surface area (Å²) in [6, 6.07) is 11.9. The molecule has 0 spiro atoms. The van der Waals surface area contributed by atoms with Gasteiger partial charge in [0.25, 0.3) is 0 Å². The van der Waals surface area contributed by atoms with Crippen molar-refractivity contribution in [3.05, 3.63) is 63.6 Å². The number of hydrogen-bond donors (Lipinski definition) is 0. The largest absolute Gasteiger partial charge is 0.314 e. The van der Waals surface area contributed by atoms with E-state index in [1.807, 2.05) is 0 Å². The summed E-state index contributed by atoms with van der Waals surface area (Å²) in [6.07, 6.45) is 3.45. The number of nitrogens with zero attached hydrogens (tertiary/aromatic N) is 2. The average molecular weight is 405 g/mol. The minimum Gasteiger partial charge on any atom is -0.314 e. The fourth-order valence-electron chi connectivity index (χ4n) is 3.32. The normalized spacial score (nSPS) is 14.8. The van der Waals surface area contributed by atoms with E-state index in [1.165, 1.54) is 11.3 Å². The summed E-state index contributed by atoms with van der Waals surface area (Å²) in [6.45, 7) is 2.22. The van der Waals surface area contributed by atoms with Crippen molar-refractivity contribution in [1.82, 2.24) is 4.90 Å². The first-order valence-corrected chi connectivity index (χ1v) is 9.80. The smallest absolute Gasteiger partial charge is 0.240 e. The molecule has 0 unspecified atom stereocenters. The van der Waals surface area contributed by atoms with Crippen molar-refractivity contribution in [1.29, 1.82) is 0 Å². The molecule has 4 nitrogen and oxygen atoms in total. The number of carbonyl (C=O) groups is 2. The lowest BCUT2D eigenvalue weighted by molar-refractivity contribution is -0.119. The molecule has 0 bridgehead atoms. The van der Waals surface area contributed by atoms with Crippen LogP contribution in [0.5, 0.6) is 0 Å². The highest BCUT2D eigenvalue weighted by Gasteiger charge is 2.23. The Balaban J connectivity index is 1.88. The number of piperidine rings is 1. The van der Waals surface area contributed by atoms with Crippen LogP contribution in [0.25, 0.3) is 0 Å². The van der Waals surface area contributed by atoms with Gasteiger partial charge in [0.15, 0.2) is 5.78 Å². The number of hydrogen-bond acceptors (Lipinski definition) is 3. The van der Waals surface area contributed by atoms with Crippen molar-refractivity contribution in [3.8, 4) is 0 Å². The Labute approximate surface area is 169 Å². The van der Waals surface area contributed by atoms with Gasteiger partial charge in [-0.1, -0.05) is 41.8 Å². The number of amides is 1. The van der Waals surface area contributed by atoms with Crippen LogP contribution < -0.4 is 4.90 Å². The molecule has 1 fully saturated rings. The van der Waals surface area contributed by atoms with Crippen LogP contribution in [0.15, 0.2) is 42.5 Å². The molecule has 0 atom stereocenters. The second-order valence-electron chi connectivity index (χ2n) is 6.76. The molecule has 142 valence electrons. The molecule has 1 saturated heterocycles. The van der Waals surface area contributed by atoms with Gasteiger partial charge < -0.3 is 4.90 Å². The highest BCUT2D eigenvalue weighted by Crippen LogP contribution is 2.28. The SMILES string of the molecule is CN(C(=O)CN1CCCCC1)c1ccc(Cl)cc1C(=O)c1ccccc1Cl. The van der Waals surface area contributed by atoms with Crippen LogP contribution in [0.4, 0.5) is 5.69 Å². The third-order valence-corrected chi connectivity index (χ3v) is 5.43. The van der Waals surface area contributed by atoms with Gasteiger partial charge in [-0.2, -0.15) is 0 Å². The zero-order chi connectivity index (χ0) is 19.4. The molecular formula is C21H22Cl2N2O2. The summed E-state index contributed by atoms with van der Waals surface area (Å²) in [5.74, 6) is -0.303. The first-order valence-electron chi connectivity index (χ1n) is 9.05. The van der Waals surface area contributed by atoms with Crippen molar-refractivity contribution in [2.75, 3.05) is 31.6 Å². The molecule has 1 amide bonds. The third kappa shape index (κ3) is 4.70. The van der Waals surface area contributed by atoms with Crippen molar-refractivity contribution in [2.45, 2.75) is 19.3 Å². The minimum absolute atomic E-state index is 0.0487. The maximum absolute atomic E-state index is 13.1. The Morgan fingerprint density at radius 1 is 1.00 bits per heavy atom. The molecule has 0 saturated carbocycles. The zero-order valence-corrected chi connectivity index (χ0v) is 16.8. The molecule has 0 N–H and O–H groups in total. The zero-order valence-electron chi connectivity index (χ0n) is 15.3. The van der Waals surface area contributed by atoms with Crippen molar-refractivity contribution in [2.24, 2.45) is 0 Å². The van der Waals surface area contributed by atoms with E-state index in [1.54, 1.807) is 49.5 Å². The lowest BCUT2D eigenvalue weighted by Gasteiger charge is -2.28. The Kier molecular flexibility index (Phi) is 6.53. The Morgan fingerprint density at radius 2 is 1.70 bits per heavy atom. The van der Waals surface area contributed by atoms with Crippen LogP contribution >= 0.6 is 23.2 Å². The van der Waals surface area contributed by atoms with Crippen LogP contribution in [0.1, 0.15) is 35.2 Å². The summed E-state index contributed by atoms with van der Waals surface area (Å²) in [4.78, 5) is 29.6. The number of rotatable bonds is 5. The summed E-state index contributed by atoms with van der Waals surface area (Å²) >= 11 is 12.3. The summed E-state index contributed by atoms with van der Waals surface area (Å²) in [7, 11) is 1.69. The molecule has 27 heavy (non-hydrogen) atoms. The molecule has 3 rings (SSSR count). The van der Waals surface area contributed by atoms with E-state index in [-0.39, 0.29) is 11.7 Å². The number of halogens is 2. The maximum atomic E-state index is 13.1. The van der Waals surface area contributed by atoms with Gasteiger partial charge >= 0.3 is 0 Å². The van der Waals surface area contributed by atoms with E-state index in [9.17, 15) is 9.59 Å². The first kappa shape index (κ1) is 19.9. The predicted molar refractivity (Wildman–Crippen MR) is 110 cm³/mol. The van der Waals surface area contributed by atoms with E-state index in [2.05, 4.69) is 4.90 Å². The van der Waals surface area contributed by atoms with Gasteiger partial charge in [0.2, 0.25) is 5.91 Å². The summed E-state index contributed by atoms with van der Waals surface area (Å²) in [5, 5.41) is 0.807. The van der Waals surface area contributed by atoms with E-state index in [0.717, 1.165) is 25.9 Å². The molecule has 1 heterocycles. The van der Waals surface area contributed by atoms with Crippen molar-refractivity contribution in [3.63, 3.8) is 0 Å². The third-order valence-electron chi connectivity index (χ3n) is 4.86. The second-order valence-corrected chi connectivity index (χ2v) is 7.60. The van der Waals surface area contributed by atoms with Crippen LogP contribution in [0, 0.1) is 0 Å². The molecule has 1 aliphatic rings. The van der Waals surface area contributed by atoms with Gasteiger partial charge in [-0.15, -0.1) is 0 Å². The van der Waals surface area contributed by atoms with Crippen LogP contribution in [0.2, 0.25) is 10.0 Å². The first-order chi connectivity index (χ1) is 13.0. The van der Waals surface area contributed by atoms with Crippen LogP contribution in [0.3, 0.4) is 0 Å². The average Bonchev–Trinajstić information content (AvgIpc) is 2.68. The van der Waals surface area contributed by atoms with E-state index >= 15 is 0 Å². The molecule has 6 heteroatoms. The quantitative estimate of drug-likeness (QED) is 0.679. The predicted octanol–water partition coefficient (Wildman–Crippen LogP) is 4.67. The molecule has 0 radical (unpaired) electrons. The van der Waals surface area contributed by atoms with E-state index in [0.29, 0.717) is 33.4 Å². The van der Waals surface area contributed by atoms with Gasteiger partial charge in [0, 0.05) is 23.2 Å². The van der Waals surface area contributed by atoms with Gasteiger partial charge in [0.1, 0.15) is 0 Å².